The minimum atomic E-state index is 0.479. The Morgan fingerprint density at radius 3 is 2.50 bits per heavy atom. The van der Waals surface area contributed by atoms with Crippen LogP contribution in [0.15, 0.2) is 0 Å². The molecule has 1 aliphatic rings. The molecule has 0 radical (unpaired) electrons. The minimum Gasteiger partial charge on any atom is -0.381 e. The van der Waals surface area contributed by atoms with Crippen molar-refractivity contribution in [1.29, 1.82) is 0 Å². The van der Waals surface area contributed by atoms with Gasteiger partial charge in [-0.15, -0.1) is 0 Å². The molecule has 1 saturated heterocycles. The molecule has 10 heavy (non-hydrogen) atoms. The van der Waals surface area contributed by atoms with Crippen LogP contribution in [0, 0.1) is 5.41 Å². The van der Waals surface area contributed by atoms with Gasteiger partial charge < -0.3 is 10.5 Å². The summed E-state index contributed by atoms with van der Waals surface area (Å²) in [5, 5.41) is 0. The SMILES string of the molecule is CC1(CCN)CCOCC1. The van der Waals surface area contributed by atoms with Gasteiger partial charge in [-0.3, -0.25) is 0 Å². The summed E-state index contributed by atoms with van der Waals surface area (Å²) in [6.07, 6.45) is 3.52. The highest BCUT2D eigenvalue weighted by molar-refractivity contribution is 4.76. The zero-order valence-electron chi connectivity index (χ0n) is 6.73. The lowest BCUT2D eigenvalue weighted by Gasteiger charge is -2.32. The molecule has 1 fully saturated rings. The van der Waals surface area contributed by atoms with Crippen LogP contribution in [0.1, 0.15) is 26.2 Å². The van der Waals surface area contributed by atoms with Crippen molar-refractivity contribution < 1.29 is 4.74 Å². The molecule has 0 aliphatic carbocycles. The molecule has 1 rings (SSSR count). The Morgan fingerprint density at radius 2 is 2.00 bits per heavy atom. The van der Waals surface area contributed by atoms with E-state index in [1.165, 1.54) is 12.8 Å². The fraction of sp³-hybridized carbons (Fsp3) is 1.00. The maximum atomic E-state index is 5.50. The van der Waals surface area contributed by atoms with Gasteiger partial charge in [-0.05, 0) is 31.2 Å². The molecule has 60 valence electrons. The van der Waals surface area contributed by atoms with Gasteiger partial charge in [-0.2, -0.15) is 0 Å². The van der Waals surface area contributed by atoms with E-state index in [-0.39, 0.29) is 0 Å². The van der Waals surface area contributed by atoms with E-state index < -0.39 is 0 Å². The summed E-state index contributed by atoms with van der Waals surface area (Å²) in [6, 6.07) is 0. The molecule has 0 atom stereocenters. The Balaban J connectivity index is 2.32. The predicted octanol–water partition coefficient (Wildman–Crippen LogP) is 1.15. The van der Waals surface area contributed by atoms with Crippen LogP contribution < -0.4 is 5.73 Å². The summed E-state index contributed by atoms with van der Waals surface area (Å²) in [5.41, 5.74) is 5.98. The first-order chi connectivity index (χ1) is 4.77. The molecular weight excluding hydrogens is 126 g/mol. The first-order valence-corrected chi connectivity index (χ1v) is 4.05. The van der Waals surface area contributed by atoms with E-state index >= 15 is 0 Å². The van der Waals surface area contributed by atoms with E-state index in [0.29, 0.717) is 5.41 Å². The second kappa shape index (κ2) is 3.35. The molecule has 0 spiro atoms. The molecular formula is C8H17NO. The summed E-state index contributed by atoms with van der Waals surface area (Å²) in [6.45, 7) is 4.98. The van der Waals surface area contributed by atoms with Gasteiger partial charge in [0.15, 0.2) is 0 Å². The van der Waals surface area contributed by atoms with Crippen molar-refractivity contribution in [1.82, 2.24) is 0 Å². The van der Waals surface area contributed by atoms with Gasteiger partial charge in [0, 0.05) is 13.2 Å². The summed E-state index contributed by atoms with van der Waals surface area (Å²) >= 11 is 0. The van der Waals surface area contributed by atoms with E-state index in [2.05, 4.69) is 6.92 Å². The largest absolute Gasteiger partial charge is 0.381 e. The van der Waals surface area contributed by atoms with E-state index in [1.807, 2.05) is 0 Å². The third-order valence-electron chi connectivity index (χ3n) is 2.45. The molecule has 0 aromatic heterocycles. The Morgan fingerprint density at radius 1 is 1.40 bits per heavy atom. The van der Waals surface area contributed by atoms with Crippen LogP contribution >= 0.6 is 0 Å². The van der Waals surface area contributed by atoms with Gasteiger partial charge in [-0.1, -0.05) is 6.92 Å². The molecule has 2 N–H and O–H groups in total. The molecule has 0 amide bonds. The topological polar surface area (TPSA) is 35.2 Å². The average molecular weight is 143 g/mol. The maximum absolute atomic E-state index is 5.50. The number of hydrogen-bond acceptors (Lipinski definition) is 2. The van der Waals surface area contributed by atoms with E-state index in [1.54, 1.807) is 0 Å². The highest BCUT2D eigenvalue weighted by atomic mass is 16.5. The Bertz CT molecular complexity index is 91.9. The van der Waals surface area contributed by atoms with Crippen LogP contribution in [-0.2, 0) is 4.74 Å². The summed E-state index contributed by atoms with van der Waals surface area (Å²) in [5.74, 6) is 0. The number of rotatable bonds is 2. The van der Waals surface area contributed by atoms with Crippen molar-refractivity contribution in [3.63, 3.8) is 0 Å². The average Bonchev–Trinajstić information content (AvgIpc) is 1.89. The summed E-state index contributed by atoms with van der Waals surface area (Å²) in [4.78, 5) is 0. The van der Waals surface area contributed by atoms with E-state index in [9.17, 15) is 0 Å². The van der Waals surface area contributed by atoms with Crippen LogP contribution in [0.25, 0.3) is 0 Å². The highest BCUT2D eigenvalue weighted by Gasteiger charge is 2.25. The third-order valence-corrected chi connectivity index (χ3v) is 2.45. The predicted molar refractivity (Wildman–Crippen MR) is 41.8 cm³/mol. The van der Waals surface area contributed by atoms with Gasteiger partial charge in [0.2, 0.25) is 0 Å². The van der Waals surface area contributed by atoms with Gasteiger partial charge in [0.05, 0.1) is 0 Å². The van der Waals surface area contributed by atoms with E-state index in [4.69, 9.17) is 10.5 Å². The first-order valence-electron chi connectivity index (χ1n) is 4.05. The van der Waals surface area contributed by atoms with Crippen molar-refractivity contribution in [3.8, 4) is 0 Å². The van der Waals surface area contributed by atoms with Crippen molar-refractivity contribution >= 4 is 0 Å². The molecule has 2 heteroatoms. The van der Waals surface area contributed by atoms with E-state index in [0.717, 1.165) is 26.2 Å². The smallest absolute Gasteiger partial charge is 0.0471 e. The van der Waals surface area contributed by atoms with Gasteiger partial charge in [0.1, 0.15) is 0 Å². The van der Waals surface area contributed by atoms with Gasteiger partial charge in [0.25, 0.3) is 0 Å². The molecule has 1 aliphatic heterocycles. The zero-order valence-corrected chi connectivity index (χ0v) is 6.73. The zero-order chi connectivity index (χ0) is 7.45. The standard InChI is InChI=1S/C8H17NO/c1-8(2-5-9)3-6-10-7-4-8/h2-7,9H2,1H3. The van der Waals surface area contributed by atoms with Crippen LogP contribution in [0.4, 0.5) is 0 Å². The summed E-state index contributed by atoms with van der Waals surface area (Å²) in [7, 11) is 0. The number of hydrogen-bond donors (Lipinski definition) is 1. The Kier molecular flexibility index (Phi) is 2.69. The molecule has 0 saturated carbocycles. The quantitative estimate of drug-likeness (QED) is 0.629. The van der Waals surface area contributed by atoms with Crippen molar-refractivity contribution in [2.45, 2.75) is 26.2 Å². The second-order valence-electron chi connectivity index (χ2n) is 3.46. The minimum absolute atomic E-state index is 0.479. The van der Waals surface area contributed by atoms with Crippen molar-refractivity contribution in [2.24, 2.45) is 11.1 Å². The van der Waals surface area contributed by atoms with Gasteiger partial charge >= 0.3 is 0 Å². The molecule has 2 nitrogen and oxygen atoms in total. The van der Waals surface area contributed by atoms with Crippen LogP contribution in [0.5, 0.6) is 0 Å². The molecule has 0 aromatic carbocycles. The van der Waals surface area contributed by atoms with Crippen molar-refractivity contribution in [3.05, 3.63) is 0 Å². The lowest BCUT2D eigenvalue weighted by atomic mass is 9.79. The van der Waals surface area contributed by atoms with Crippen LogP contribution in [0.3, 0.4) is 0 Å². The van der Waals surface area contributed by atoms with Crippen molar-refractivity contribution in [2.75, 3.05) is 19.8 Å². The molecule has 0 aromatic rings. The normalized spacial score (nSPS) is 24.6. The van der Waals surface area contributed by atoms with Crippen LogP contribution in [-0.4, -0.2) is 19.8 Å². The maximum Gasteiger partial charge on any atom is 0.0471 e. The fourth-order valence-corrected chi connectivity index (χ4v) is 1.46. The lowest BCUT2D eigenvalue weighted by molar-refractivity contribution is 0.0210. The molecule has 0 bridgehead atoms. The monoisotopic (exact) mass is 143 g/mol. The molecule has 0 unspecified atom stereocenters. The summed E-state index contributed by atoms with van der Waals surface area (Å²) < 4.78 is 5.27. The Hall–Kier alpha value is -0.0800. The first kappa shape index (κ1) is 8.02. The lowest BCUT2D eigenvalue weighted by Crippen LogP contribution is -2.28. The second-order valence-corrected chi connectivity index (χ2v) is 3.46. The molecule has 1 heterocycles. The third kappa shape index (κ3) is 1.96. The highest BCUT2D eigenvalue weighted by Crippen LogP contribution is 2.32. The Labute approximate surface area is 62.7 Å². The number of nitrogens with two attached hydrogens (primary N) is 1. The number of ether oxygens (including phenoxy) is 1. The fourth-order valence-electron chi connectivity index (χ4n) is 1.46. The van der Waals surface area contributed by atoms with Gasteiger partial charge in [-0.25, -0.2) is 0 Å². The van der Waals surface area contributed by atoms with Crippen LogP contribution in [0.2, 0.25) is 0 Å².